The van der Waals surface area contributed by atoms with E-state index in [1.54, 1.807) is 6.92 Å². The fourth-order valence-corrected chi connectivity index (χ4v) is 3.06. The quantitative estimate of drug-likeness (QED) is 0.528. The van der Waals surface area contributed by atoms with Crippen molar-refractivity contribution >= 4 is 17.5 Å². The lowest BCUT2D eigenvalue weighted by Gasteiger charge is -2.05. The largest absolute Gasteiger partial charge is 0.351 e. The van der Waals surface area contributed by atoms with Gasteiger partial charge >= 0.3 is 5.69 Å². The summed E-state index contributed by atoms with van der Waals surface area (Å²) >= 11 is 1.11. The number of aromatic nitrogens is 3. The molecule has 0 amide bonds. The molecule has 0 unspecified atom stereocenters. The summed E-state index contributed by atoms with van der Waals surface area (Å²) in [6.07, 6.45) is 0. The summed E-state index contributed by atoms with van der Waals surface area (Å²) in [6, 6.07) is 3.86. The molecular weight excluding hydrogens is 300 g/mol. The summed E-state index contributed by atoms with van der Waals surface area (Å²) in [6.45, 7) is 5.46. The van der Waals surface area contributed by atoms with Gasteiger partial charge in [0, 0.05) is 29.7 Å². The molecule has 0 aliphatic rings. The Kier molecular flexibility index (Phi) is 4.52. The van der Waals surface area contributed by atoms with Crippen LogP contribution in [-0.2, 0) is 7.05 Å². The highest BCUT2D eigenvalue weighted by atomic mass is 32.2. The molecule has 2 rings (SSSR count). The lowest BCUT2D eigenvalue weighted by atomic mass is 10.2. The molecule has 22 heavy (non-hydrogen) atoms. The van der Waals surface area contributed by atoms with Gasteiger partial charge in [0.15, 0.2) is 5.78 Å². The van der Waals surface area contributed by atoms with E-state index in [1.165, 1.54) is 0 Å². The van der Waals surface area contributed by atoms with Gasteiger partial charge in [-0.1, -0.05) is 11.8 Å². The molecule has 2 heterocycles. The van der Waals surface area contributed by atoms with Gasteiger partial charge < -0.3 is 9.55 Å². The van der Waals surface area contributed by atoms with E-state index in [4.69, 9.17) is 5.26 Å². The summed E-state index contributed by atoms with van der Waals surface area (Å²) in [5, 5.41) is 9.44. The molecule has 114 valence electrons. The van der Waals surface area contributed by atoms with Crippen molar-refractivity contribution in [2.45, 2.75) is 25.8 Å². The maximum absolute atomic E-state index is 12.3. The number of carbonyl (C=O) groups excluding carboxylic acids is 1. The number of aryl methyl sites for hydroxylation is 2. The second kappa shape index (κ2) is 6.20. The lowest BCUT2D eigenvalue weighted by Crippen LogP contribution is -2.15. The minimum Gasteiger partial charge on any atom is -0.351 e. The number of nitriles is 1. The molecule has 6 nitrogen and oxygen atoms in total. The van der Waals surface area contributed by atoms with Crippen molar-refractivity contribution < 1.29 is 4.79 Å². The van der Waals surface area contributed by atoms with Crippen LogP contribution in [0.15, 0.2) is 15.9 Å². The summed E-state index contributed by atoms with van der Waals surface area (Å²) in [4.78, 5) is 30.0. The van der Waals surface area contributed by atoms with Crippen LogP contribution >= 0.6 is 11.8 Å². The molecule has 0 aromatic carbocycles. The van der Waals surface area contributed by atoms with E-state index in [2.05, 4.69) is 9.97 Å². The Morgan fingerprint density at radius 1 is 1.45 bits per heavy atom. The van der Waals surface area contributed by atoms with Crippen LogP contribution in [0.5, 0.6) is 0 Å². The number of ketones is 1. The van der Waals surface area contributed by atoms with Crippen LogP contribution in [0, 0.1) is 32.1 Å². The molecule has 0 saturated carbocycles. The topological polar surface area (TPSA) is 91.5 Å². The molecule has 0 aliphatic carbocycles. The third-order valence-electron chi connectivity index (χ3n) is 3.61. The van der Waals surface area contributed by atoms with Gasteiger partial charge in [-0.3, -0.25) is 4.79 Å². The van der Waals surface area contributed by atoms with Gasteiger partial charge in [0.25, 0.3) is 0 Å². The van der Waals surface area contributed by atoms with E-state index in [0.29, 0.717) is 21.8 Å². The molecule has 0 bridgehead atoms. The first kappa shape index (κ1) is 16.0. The van der Waals surface area contributed by atoms with E-state index < -0.39 is 5.69 Å². The fourth-order valence-electron chi connectivity index (χ4n) is 2.14. The van der Waals surface area contributed by atoms with Crippen molar-refractivity contribution in [1.29, 1.82) is 5.26 Å². The molecule has 0 aliphatic heterocycles. The number of thioether (sulfide) groups is 1. The third-order valence-corrected chi connectivity index (χ3v) is 4.59. The zero-order valence-electron chi connectivity index (χ0n) is 12.9. The van der Waals surface area contributed by atoms with Gasteiger partial charge in [-0.25, -0.2) is 4.79 Å². The van der Waals surface area contributed by atoms with Crippen LogP contribution in [0.2, 0.25) is 0 Å². The zero-order valence-corrected chi connectivity index (χ0v) is 13.7. The molecule has 2 aromatic rings. The Morgan fingerprint density at radius 2 is 2.14 bits per heavy atom. The number of nitrogens with zero attached hydrogens (tertiary/aromatic N) is 3. The molecule has 0 radical (unpaired) electrons. The monoisotopic (exact) mass is 316 g/mol. The summed E-state index contributed by atoms with van der Waals surface area (Å²) in [5.74, 6) is 0.0873. The number of hydrogen-bond acceptors (Lipinski definition) is 5. The Bertz CT molecular complexity index is 842. The van der Waals surface area contributed by atoms with Crippen LogP contribution in [0.3, 0.4) is 0 Å². The van der Waals surface area contributed by atoms with E-state index in [1.807, 2.05) is 37.6 Å². The molecular formula is C15H16N4O2S. The van der Waals surface area contributed by atoms with Crippen molar-refractivity contribution in [2.75, 3.05) is 5.75 Å². The first-order valence-electron chi connectivity index (χ1n) is 6.65. The molecule has 0 spiro atoms. The Labute approximate surface area is 132 Å². The predicted octanol–water partition coefficient (Wildman–Crippen LogP) is 1.88. The van der Waals surface area contributed by atoms with Gasteiger partial charge in [0.05, 0.1) is 5.75 Å². The average molecular weight is 316 g/mol. The van der Waals surface area contributed by atoms with Gasteiger partial charge in [-0.2, -0.15) is 10.2 Å². The first-order valence-corrected chi connectivity index (χ1v) is 7.63. The van der Waals surface area contributed by atoms with E-state index >= 15 is 0 Å². The highest BCUT2D eigenvalue weighted by Crippen LogP contribution is 2.22. The van der Waals surface area contributed by atoms with E-state index in [9.17, 15) is 9.59 Å². The van der Waals surface area contributed by atoms with Crippen LogP contribution in [0.1, 0.15) is 33.0 Å². The van der Waals surface area contributed by atoms with Gasteiger partial charge in [-0.15, -0.1) is 0 Å². The van der Waals surface area contributed by atoms with E-state index in [-0.39, 0.29) is 11.5 Å². The average Bonchev–Trinajstić information content (AvgIpc) is 2.72. The third kappa shape index (κ3) is 2.97. The highest BCUT2D eigenvalue weighted by Gasteiger charge is 2.16. The number of Topliss-reactive ketones (excluding diaryl/α,β-unsaturated/α-hetero) is 1. The number of nitrogens with one attached hydrogen (secondary N) is 1. The molecule has 7 heteroatoms. The Morgan fingerprint density at radius 3 is 2.68 bits per heavy atom. The molecule has 0 saturated heterocycles. The van der Waals surface area contributed by atoms with Crippen molar-refractivity contribution in [1.82, 2.24) is 14.5 Å². The number of carbonyl (C=O) groups is 1. The van der Waals surface area contributed by atoms with Crippen LogP contribution in [0.25, 0.3) is 0 Å². The molecule has 0 atom stereocenters. The van der Waals surface area contributed by atoms with Gasteiger partial charge in [0.2, 0.25) is 0 Å². The maximum atomic E-state index is 12.3. The standard InChI is InChI=1S/C15H16N4O2S/c1-8-5-11(10(3)19(8)4)13(20)7-22-14-12(6-16)9(2)17-15(21)18-14/h5H,7H2,1-4H3,(H,17,18,21). The molecule has 2 aromatic heterocycles. The number of hydrogen-bond donors (Lipinski definition) is 1. The van der Waals surface area contributed by atoms with Crippen LogP contribution in [0.4, 0.5) is 0 Å². The van der Waals surface area contributed by atoms with Crippen molar-refractivity contribution in [3.8, 4) is 6.07 Å². The summed E-state index contributed by atoms with van der Waals surface area (Å²) < 4.78 is 1.95. The Balaban J connectivity index is 2.24. The fraction of sp³-hybridized carbons (Fsp3) is 0.333. The maximum Gasteiger partial charge on any atom is 0.346 e. The summed E-state index contributed by atoms with van der Waals surface area (Å²) in [5.41, 5.74) is 2.82. The normalized spacial score (nSPS) is 10.5. The highest BCUT2D eigenvalue weighted by molar-refractivity contribution is 8.00. The van der Waals surface area contributed by atoms with Gasteiger partial charge in [0.1, 0.15) is 16.7 Å². The number of rotatable bonds is 4. The zero-order chi connectivity index (χ0) is 16.4. The van der Waals surface area contributed by atoms with Crippen molar-refractivity contribution in [3.05, 3.63) is 44.8 Å². The first-order chi connectivity index (χ1) is 10.3. The van der Waals surface area contributed by atoms with Gasteiger partial charge in [-0.05, 0) is 26.8 Å². The molecule has 1 N–H and O–H groups in total. The van der Waals surface area contributed by atoms with Crippen LogP contribution in [-0.4, -0.2) is 26.1 Å². The second-order valence-corrected chi connectivity index (χ2v) is 5.98. The SMILES string of the molecule is Cc1[nH]c(=O)nc(SCC(=O)c2cc(C)n(C)c2C)c1C#N. The molecule has 0 fully saturated rings. The smallest absolute Gasteiger partial charge is 0.346 e. The Hall–Kier alpha value is -2.33. The number of aromatic amines is 1. The predicted molar refractivity (Wildman–Crippen MR) is 84.3 cm³/mol. The lowest BCUT2D eigenvalue weighted by molar-refractivity contribution is 0.102. The minimum atomic E-state index is -0.516. The van der Waals surface area contributed by atoms with Crippen molar-refractivity contribution in [3.63, 3.8) is 0 Å². The second-order valence-electron chi connectivity index (χ2n) is 5.01. The van der Waals surface area contributed by atoms with Crippen LogP contribution < -0.4 is 5.69 Å². The minimum absolute atomic E-state index is 0.0465. The van der Waals surface area contributed by atoms with Crippen molar-refractivity contribution in [2.24, 2.45) is 7.05 Å². The van der Waals surface area contributed by atoms with E-state index in [0.717, 1.165) is 23.1 Å². The summed E-state index contributed by atoms with van der Waals surface area (Å²) in [7, 11) is 1.91. The number of H-pyrrole nitrogens is 1.